The summed E-state index contributed by atoms with van der Waals surface area (Å²) < 4.78 is 14.7. The SMILES string of the molecule is CC1CCc2ccccc2C(=O)O1.CF. The molecule has 0 bridgehead atoms. The molecule has 0 saturated carbocycles. The molecule has 15 heavy (non-hydrogen) atoms. The first-order valence-corrected chi connectivity index (χ1v) is 4.94. The molecule has 0 N–H and O–H groups in total. The molecule has 1 aliphatic rings. The van der Waals surface area contributed by atoms with Crippen LogP contribution < -0.4 is 0 Å². The summed E-state index contributed by atoms with van der Waals surface area (Å²) in [5, 5.41) is 0. The standard InChI is InChI=1S/C11H12O2.CH3F/c1-8-6-7-9-4-2-3-5-10(9)11(12)13-8;1-2/h2-5,8H,6-7H2,1H3;1H3. The van der Waals surface area contributed by atoms with Crippen LogP contribution in [-0.4, -0.2) is 19.3 Å². The molecule has 2 nitrogen and oxygen atoms in total. The highest BCUT2D eigenvalue weighted by Gasteiger charge is 2.19. The summed E-state index contributed by atoms with van der Waals surface area (Å²) in [4.78, 5) is 11.5. The van der Waals surface area contributed by atoms with Crippen LogP contribution in [0.2, 0.25) is 0 Å². The average Bonchev–Trinajstić information content (AvgIpc) is 2.42. The normalized spacial score (nSPS) is 19.1. The number of carbonyl (C=O) groups is 1. The van der Waals surface area contributed by atoms with Crippen LogP contribution in [0.15, 0.2) is 24.3 Å². The Balaban J connectivity index is 0.000000531. The van der Waals surface area contributed by atoms with E-state index in [2.05, 4.69) is 0 Å². The zero-order chi connectivity index (χ0) is 11.3. The lowest BCUT2D eigenvalue weighted by atomic mass is 10.0. The Labute approximate surface area is 89.1 Å². The highest BCUT2D eigenvalue weighted by atomic mass is 19.1. The van der Waals surface area contributed by atoms with Crippen LogP contribution in [0.3, 0.4) is 0 Å². The zero-order valence-corrected chi connectivity index (χ0v) is 9.00. The molecule has 0 saturated heterocycles. The molecule has 1 aliphatic heterocycles. The lowest BCUT2D eigenvalue weighted by Crippen LogP contribution is -2.11. The molecule has 1 heterocycles. The summed E-state index contributed by atoms with van der Waals surface area (Å²) >= 11 is 0. The van der Waals surface area contributed by atoms with Crippen molar-refractivity contribution in [2.45, 2.75) is 25.9 Å². The lowest BCUT2D eigenvalue weighted by Gasteiger charge is -2.07. The molecule has 1 atom stereocenters. The number of cyclic esters (lactones) is 1. The summed E-state index contributed by atoms with van der Waals surface area (Å²) in [5.74, 6) is -0.180. The molecule has 3 heteroatoms. The number of esters is 1. The number of carbonyl (C=O) groups excluding carboxylic acids is 1. The molecule has 0 radical (unpaired) electrons. The monoisotopic (exact) mass is 210 g/mol. The Morgan fingerprint density at radius 3 is 2.73 bits per heavy atom. The maximum absolute atomic E-state index is 11.5. The number of benzene rings is 1. The highest BCUT2D eigenvalue weighted by molar-refractivity contribution is 5.91. The molecular formula is C12H15FO2. The van der Waals surface area contributed by atoms with Crippen molar-refractivity contribution >= 4 is 5.97 Å². The molecule has 0 spiro atoms. The summed E-state index contributed by atoms with van der Waals surface area (Å²) in [7, 11) is 0.500. The molecule has 1 aromatic carbocycles. The van der Waals surface area contributed by atoms with Crippen molar-refractivity contribution in [2.24, 2.45) is 0 Å². The second kappa shape index (κ2) is 5.49. The van der Waals surface area contributed by atoms with Crippen LogP contribution in [-0.2, 0) is 11.2 Å². The quantitative estimate of drug-likeness (QED) is 0.615. The Bertz CT molecular complexity index is 336. The molecule has 82 valence electrons. The molecule has 0 amide bonds. The van der Waals surface area contributed by atoms with Crippen molar-refractivity contribution in [3.63, 3.8) is 0 Å². The van der Waals surface area contributed by atoms with Crippen LogP contribution >= 0.6 is 0 Å². The lowest BCUT2D eigenvalue weighted by molar-refractivity contribution is 0.0344. The van der Waals surface area contributed by atoms with Crippen LogP contribution in [0.25, 0.3) is 0 Å². The molecule has 2 rings (SSSR count). The van der Waals surface area contributed by atoms with Gasteiger partial charge in [0.1, 0.15) is 0 Å². The fraction of sp³-hybridized carbons (Fsp3) is 0.417. The molecule has 0 fully saturated rings. The second-order valence-electron chi connectivity index (χ2n) is 3.41. The topological polar surface area (TPSA) is 26.3 Å². The van der Waals surface area contributed by atoms with E-state index in [1.807, 2.05) is 31.2 Å². The summed E-state index contributed by atoms with van der Waals surface area (Å²) in [6, 6.07) is 7.66. The maximum Gasteiger partial charge on any atom is 0.338 e. The fourth-order valence-corrected chi connectivity index (χ4v) is 1.60. The van der Waals surface area contributed by atoms with Gasteiger partial charge in [-0.2, -0.15) is 0 Å². The van der Waals surface area contributed by atoms with Crippen LogP contribution in [0, 0.1) is 0 Å². The van der Waals surface area contributed by atoms with Crippen LogP contribution in [0.5, 0.6) is 0 Å². The van der Waals surface area contributed by atoms with Gasteiger partial charge in [-0.05, 0) is 31.4 Å². The smallest absolute Gasteiger partial charge is 0.338 e. The predicted octanol–water partition coefficient (Wildman–Crippen LogP) is 2.76. The van der Waals surface area contributed by atoms with Crippen LogP contribution in [0.4, 0.5) is 4.39 Å². The molecule has 0 aromatic heterocycles. The van der Waals surface area contributed by atoms with Gasteiger partial charge >= 0.3 is 5.97 Å². The number of aryl methyl sites for hydroxylation is 1. The van der Waals surface area contributed by atoms with Crippen molar-refractivity contribution in [1.82, 2.24) is 0 Å². The summed E-state index contributed by atoms with van der Waals surface area (Å²) in [5.41, 5.74) is 1.84. The van der Waals surface area contributed by atoms with Crippen molar-refractivity contribution in [2.75, 3.05) is 7.18 Å². The number of rotatable bonds is 0. The first-order valence-electron chi connectivity index (χ1n) is 4.94. The van der Waals surface area contributed by atoms with Gasteiger partial charge in [-0.3, -0.25) is 4.39 Å². The van der Waals surface area contributed by atoms with Gasteiger partial charge in [-0.1, -0.05) is 18.2 Å². The van der Waals surface area contributed by atoms with Crippen molar-refractivity contribution in [3.05, 3.63) is 35.4 Å². The number of halogens is 1. The van der Waals surface area contributed by atoms with Crippen molar-refractivity contribution < 1.29 is 13.9 Å². The zero-order valence-electron chi connectivity index (χ0n) is 9.00. The van der Waals surface area contributed by atoms with E-state index < -0.39 is 0 Å². The number of hydrogen-bond donors (Lipinski definition) is 0. The fourth-order valence-electron chi connectivity index (χ4n) is 1.60. The van der Waals surface area contributed by atoms with E-state index in [0.717, 1.165) is 24.0 Å². The van der Waals surface area contributed by atoms with Gasteiger partial charge < -0.3 is 4.74 Å². The number of hydrogen-bond acceptors (Lipinski definition) is 2. The summed E-state index contributed by atoms with van der Waals surface area (Å²) in [6.07, 6.45) is 1.89. The third-order valence-electron chi connectivity index (χ3n) is 2.37. The maximum atomic E-state index is 11.5. The van der Waals surface area contributed by atoms with E-state index >= 15 is 0 Å². The van der Waals surface area contributed by atoms with Gasteiger partial charge in [0.15, 0.2) is 0 Å². The minimum atomic E-state index is -0.180. The third-order valence-corrected chi connectivity index (χ3v) is 2.37. The predicted molar refractivity (Wildman–Crippen MR) is 56.7 cm³/mol. The molecule has 1 aromatic rings. The van der Waals surface area contributed by atoms with Crippen molar-refractivity contribution in [1.29, 1.82) is 0 Å². The van der Waals surface area contributed by atoms with Gasteiger partial charge in [-0.15, -0.1) is 0 Å². The first kappa shape index (κ1) is 11.7. The number of fused-ring (bicyclic) bond motifs is 1. The van der Waals surface area contributed by atoms with Gasteiger partial charge in [0, 0.05) is 0 Å². The molecular weight excluding hydrogens is 195 g/mol. The Morgan fingerprint density at radius 1 is 1.33 bits per heavy atom. The van der Waals surface area contributed by atoms with E-state index in [0.29, 0.717) is 7.18 Å². The van der Waals surface area contributed by atoms with Crippen molar-refractivity contribution in [3.8, 4) is 0 Å². The van der Waals surface area contributed by atoms with E-state index in [9.17, 15) is 9.18 Å². The van der Waals surface area contributed by atoms with E-state index in [4.69, 9.17) is 4.74 Å². The van der Waals surface area contributed by atoms with Crippen LogP contribution in [0.1, 0.15) is 29.3 Å². The minimum absolute atomic E-state index is 0.0416. The van der Waals surface area contributed by atoms with E-state index in [1.165, 1.54) is 0 Å². The number of alkyl halides is 1. The van der Waals surface area contributed by atoms with E-state index in [-0.39, 0.29) is 12.1 Å². The molecule has 1 unspecified atom stereocenters. The Hall–Kier alpha value is -1.38. The third kappa shape index (κ3) is 2.78. The van der Waals surface area contributed by atoms with E-state index in [1.54, 1.807) is 0 Å². The van der Waals surface area contributed by atoms with Gasteiger partial charge in [0.2, 0.25) is 0 Å². The van der Waals surface area contributed by atoms with Gasteiger partial charge in [-0.25, -0.2) is 4.79 Å². The molecule has 0 aliphatic carbocycles. The average molecular weight is 210 g/mol. The number of ether oxygens (including phenoxy) is 1. The Kier molecular flexibility index (Phi) is 4.28. The first-order chi connectivity index (χ1) is 7.27. The summed E-state index contributed by atoms with van der Waals surface area (Å²) in [6.45, 7) is 1.93. The second-order valence-corrected chi connectivity index (χ2v) is 3.41. The highest BCUT2D eigenvalue weighted by Crippen LogP contribution is 2.19. The van der Waals surface area contributed by atoms with Gasteiger partial charge in [0.05, 0.1) is 18.8 Å². The minimum Gasteiger partial charge on any atom is -0.459 e. The Morgan fingerprint density at radius 2 is 2.00 bits per heavy atom. The largest absolute Gasteiger partial charge is 0.459 e. The van der Waals surface area contributed by atoms with Gasteiger partial charge in [0.25, 0.3) is 0 Å².